The fourth-order valence-electron chi connectivity index (χ4n) is 1.09. The summed E-state index contributed by atoms with van der Waals surface area (Å²) in [5.41, 5.74) is 0.478. The Hall–Kier alpha value is -1.97. The summed E-state index contributed by atoms with van der Waals surface area (Å²) in [6, 6.07) is 8.26. The maximum atomic E-state index is 10.5. The molecule has 0 saturated carbocycles. The van der Waals surface area contributed by atoms with E-state index in [1.165, 1.54) is 6.07 Å². The van der Waals surface area contributed by atoms with Crippen LogP contribution in [0.5, 0.6) is 0 Å². The molecule has 18 heavy (non-hydrogen) atoms. The number of hydrogen-bond donors (Lipinski definition) is 1. The summed E-state index contributed by atoms with van der Waals surface area (Å²) in [4.78, 5) is 10.1. The van der Waals surface area contributed by atoms with E-state index in [1.54, 1.807) is 39.3 Å². The van der Waals surface area contributed by atoms with Gasteiger partial charge in [-0.25, -0.2) is 0 Å². The number of benzene rings is 1. The second kappa shape index (κ2) is 11.5. The molecule has 0 bridgehead atoms. The maximum Gasteiger partial charge on any atom is 0.273 e. The lowest BCUT2D eigenvalue weighted by molar-refractivity contribution is -0.385. The number of rotatable bonds is 2. The highest BCUT2D eigenvalue weighted by atomic mass is 16.6. The Morgan fingerprint density at radius 2 is 1.83 bits per heavy atom. The lowest BCUT2D eigenvalue weighted by Gasteiger charge is -2.02. The third kappa shape index (κ3) is 6.58. The number of nitriles is 1. The molecule has 0 saturated heterocycles. The van der Waals surface area contributed by atoms with E-state index in [-0.39, 0.29) is 5.69 Å². The molecule has 0 aromatic heterocycles. The van der Waals surface area contributed by atoms with Gasteiger partial charge in [-0.1, -0.05) is 18.2 Å². The van der Waals surface area contributed by atoms with Gasteiger partial charge in [0.05, 0.1) is 16.9 Å². The van der Waals surface area contributed by atoms with Gasteiger partial charge in [0.2, 0.25) is 0 Å². The Bertz CT molecular complexity index is 388. The standard InChI is InChI=1S/C9H8N2O2.C2H6O.CH4O/c1-7(6-10)8-4-2-3-5-9(8)11(12)13;1-3-2;1-2/h2-5,7H,1H3;1-2H3;2H,1H3. The number of aliphatic hydroxyl groups is 1. The van der Waals surface area contributed by atoms with Crippen molar-refractivity contribution in [3.05, 3.63) is 39.9 Å². The van der Waals surface area contributed by atoms with Crippen molar-refractivity contribution < 1.29 is 14.8 Å². The minimum atomic E-state index is -0.469. The number of para-hydroxylation sites is 1. The van der Waals surface area contributed by atoms with Crippen LogP contribution >= 0.6 is 0 Å². The summed E-state index contributed by atoms with van der Waals surface area (Å²) in [7, 11) is 4.25. The van der Waals surface area contributed by atoms with E-state index in [4.69, 9.17) is 10.4 Å². The SMILES string of the molecule is CC(C#N)c1ccccc1[N+](=O)[O-].CO.COC. The molecule has 1 aromatic rings. The second-order valence-electron chi connectivity index (χ2n) is 3.07. The molecule has 1 atom stereocenters. The number of methoxy groups -OCH3 is 1. The van der Waals surface area contributed by atoms with Gasteiger partial charge >= 0.3 is 0 Å². The summed E-state index contributed by atoms with van der Waals surface area (Å²) < 4.78 is 4.25. The van der Waals surface area contributed by atoms with Gasteiger partial charge in [0.15, 0.2) is 0 Å². The fourth-order valence-corrected chi connectivity index (χ4v) is 1.09. The number of ether oxygens (including phenoxy) is 1. The van der Waals surface area contributed by atoms with Crippen LogP contribution in [0.1, 0.15) is 18.4 Å². The van der Waals surface area contributed by atoms with Gasteiger partial charge in [0.25, 0.3) is 5.69 Å². The van der Waals surface area contributed by atoms with Crippen LogP contribution in [0, 0.1) is 21.4 Å². The van der Waals surface area contributed by atoms with E-state index >= 15 is 0 Å². The highest BCUT2D eigenvalue weighted by Crippen LogP contribution is 2.24. The molecule has 1 unspecified atom stereocenters. The first-order chi connectivity index (χ1) is 8.58. The van der Waals surface area contributed by atoms with Gasteiger partial charge in [-0.15, -0.1) is 0 Å². The van der Waals surface area contributed by atoms with E-state index in [0.29, 0.717) is 5.56 Å². The number of hydrogen-bond acceptors (Lipinski definition) is 5. The molecule has 0 aliphatic carbocycles. The highest BCUT2D eigenvalue weighted by Gasteiger charge is 2.16. The smallest absolute Gasteiger partial charge is 0.273 e. The molecule has 100 valence electrons. The Morgan fingerprint density at radius 3 is 2.22 bits per heavy atom. The molecule has 0 radical (unpaired) electrons. The Balaban J connectivity index is 0. The third-order valence-electron chi connectivity index (χ3n) is 1.79. The van der Waals surface area contributed by atoms with Crippen LogP contribution in [0.4, 0.5) is 5.69 Å². The van der Waals surface area contributed by atoms with E-state index in [2.05, 4.69) is 4.74 Å². The van der Waals surface area contributed by atoms with Crippen molar-refractivity contribution in [3.63, 3.8) is 0 Å². The molecule has 0 amide bonds. The van der Waals surface area contributed by atoms with Gasteiger partial charge in [-0.05, 0) is 6.92 Å². The fraction of sp³-hybridized carbons (Fsp3) is 0.417. The van der Waals surface area contributed by atoms with Crippen molar-refractivity contribution in [1.29, 1.82) is 5.26 Å². The Labute approximate surface area is 107 Å². The van der Waals surface area contributed by atoms with Crippen LogP contribution in [-0.4, -0.2) is 31.4 Å². The van der Waals surface area contributed by atoms with Gasteiger partial charge < -0.3 is 9.84 Å². The van der Waals surface area contributed by atoms with Crippen molar-refractivity contribution >= 4 is 5.69 Å². The first kappa shape index (κ1) is 18.4. The number of nitrogens with zero attached hydrogens (tertiary/aromatic N) is 2. The minimum absolute atomic E-state index is 0.0107. The van der Waals surface area contributed by atoms with Crippen LogP contribution in [0.25, 0.3) is 0 Å². The first-order valence-electron chi connectivity index (χ1n) is 5.06. The summed E-state index contributed by atoms with van der Waals surface area (Å²) in [5, 5.41) is 26.2. The minimum Gasteiger partial charge on any atom is -0.400 e. The van der Waals surface area contributed by atoms with Crippen LogP contribution < -0.4 is 0 Å². The highest BCUT2D eigenvalue weighted by molar-refractivity contribution is 5.43. The molecule has 1 aromatic carbocycles. The van der Waals surface area contributed by atoms with Crippen LogP contribution in [-0.2, 0) is 4.74 Å². The summed E-state index contributed by atoms with van der Waals surface area (Å²) >= 11 is 0. The Morgan fingerprint density at radius 1 is 1.39 bits per heavy atom. The van der Waals surface area contributed by atoms with E-state index in [0.717, 1.165) is 7.11 Å². The van der Waals surface area contributed by atoms with Crippen LogP contribution in [0.3, 0.4) is 0 Å². The van der Waals surface area contributed by atoms with Crippen molar-refractivity contribution in [2.45, 2.75) is 12.8 Å². The molecule has 0 spiro atoms. The largest absolute Gasteiger partial charge is 0.400 e. The summed E-state index contributed by atoms with van der Waals surface area (Å²) in [6.07, 6.45) is 0. The first-order valence-corrected chi connectivity index (χ1v) is 5.06. The topological polar surface area (TPSA) is 96.4 Å². The predicted molar refractivity (Wildman–Crippen MR) is 68.2 cm³/mol. The monoisotopic (exact) mass is 254 g/mol. The van der Waals surface area contributed by atoms with Gasteiger partial charge in [0, 0.05) is 33.0 Å². The predicted octanol–water partition coefficient (Wildman–Crippen LogP) is 2.09. The van der Waals surface area contributed by atoms with E-state index < -0.39 is 10.8 Å². The molecule has 1 rings (SSSR count). The van der Waals surface area contributed by atoms with Crippen LogP contribution in [0.15, 0.2) is 24.3 Å². The van der Waals surface area contributed by atoms with Gasteiger partial charge in [0.1, 0.15) is 0 Å². The van der Waals surface area contributed by atoms with E-state index in [1.807, 2.05) is 6.07 Å². The average Bonchev–Trinajstić information content (AvgIpc) is 2.41. The van der Waals surface area contributed by atoms with Crippen molar-refractivity contribution in [3.8, 4) is 6.07 Å². The number of nitro benzene ring substituents is 1. The number of nitro groups is 1. The number of aliphatic hydroxyl groups excluding tert-OH is 1. The molecular weight excluding hydrogens is 236 g/mol. The quantitative estimate of drug-likeness (QED) is 0.643. The maximum absolute atomic E-state index is 10.5. The average molecular weight is 254 g/mol. The normalized spacial score (nSPS) is 9.78. The van der Waals surface area contributed by atoms with Crippen molar-refractivity contribution in [2.24, 2.45) is 0 Å². The van der Waals surface area contributed by atoms with Crippen LogP contribution in [0.2, 0.25) is 0 Å². The second-order valence-corrected chi connectivity index (χ2v) is 3.07. The molecule has 1 N–H and O–H groups in total. The zero-order valence-corrected chi connectivity index (χ0v) is 11.0. The molecule has 0 aliphatic rings. The zero-order valence-electron chi connectivity index (χ0n) is 11.0. The summed E-state index contributed by atoms with van der Waals surface area (Å²) in [5.74, 6) is -0.443. The zero-order chi connectivity index (χ0) is 14.6. The third-order valence-corrected chi connectivity index (χ3v) is 1.79. The van der Waals surface area contributed by atoms with Gasteiger partial charge in [-0.3, -0.25) is 10.1 Å². The molecule has 6 heteroatoms. The molecule has 6 nitrogen and oxygen atoms in total. The molecule has 0 aliphatic heterocycles. The van der Waals surface area contributed by atoms with Crippen molar-refractivity contribution in [2.75, 3.05) is 21.3 Å². The molecule has 0 fully saturated rings. The Kier molecular flexibility index (Phi) is 11.8. The molecule has 0 heterocycles. The summed E-state index contributed by atoms with van der Waals surface area (Å²) in [6.45, 7) is 1.64. The molecular formula is C12H18N2O4. The lowest BCUT2D eigenvalue weighted by Crippen LogP contribution is -1.97. The van der Waals surface area contributed by atoms with E-state index in [9.17, 15) is 10.1 Å². The van der Waals surface area contributed by atoms with Gasteiger partial charge in [-0.2, -0.15) is 5.26 Å². The lowest BCUT2D eigenvalue weighted by atomic mass is 10.0. The van der Waals surface area contributed by atoms with Crippen molar-refractivity contribution in [1.82, 2.24) is 0 Å².